The highest BCUT2D eigenvalue weighted by Crippen LogP contribution is 2.13. The number of hydrogen-bond donors (Lipinski definition) is 2. The normalized spacial score (nSPS) is 20.9. The molecule has 1 aliphatic heterocycles. The standard InChI is InChI=1S/C7H14N2O4S/c8-6(7(10)11)5-14(12,13)9-3-1-2-4-9/h6H,1-5,8H2,(H,10,11)/t6-/m0/s1. The van der Waals surface area contributed by atoms with Crippen molar-refractivity contribution in [3.8, 4) is 0 Å². The molecule has 0 aromatic carbocycles. The third-order valence-electron chi connectivity index (χ3n) is 2.17. The highest BCUT2D eigenvalue weighted by atomic mass is 32.2. The number of aliphatic carboxylic acids is 1. The van der Waals surface area contributed by atoms with Crippen LogP contribution in [0.15, 0.2) is 0 Å². The first kappa shape index (κ1) is 11.4. The molecule has 82 valence electrons. The molecule has 0 unspecified atom stereocenters. The summed E-state index contributed by atoms with van der Waals surface area (Å²) in [6.45, 7) is 0.962. The zero-order chi connectivity index (χ0) is 10.8. The van der Waals surface area contributed by atoms with Crippen molar-refractivity contribution in [3.63, 3.8) is 0 Å². The number of carbonyl (C=O) groups is 1. The second kappa shape index (κ2) is 4.24. The zero-order valence-corrected chi connectivity index (χ0v) is 8.53. The van der Waals surface area contributed by atoms with Gasteiger partial charge in [0, 0.05) is 13.1 Å². The number of rotatable bonds is 4. The molecule has 3 N–H and O–H groups in total. The average molecular weight is 222 g/mol. The second-order valence-corrected chi connectivity index (χ2v) is 5.34. The summed E-state index contributed by atoms with van der Waals surface area (Å²) in [6.07, 6.45) is 1.67. The minimum absolute atomic E-state index is 0.481. The zero-order valence-electron chi connectivity index (χ0n) is 7.72. The fraction of sp³-hybridized carbons (Fsp3) is 0.857. The number of carboxylic acids is 1. The van der Waals surface area contributed by atoms with Crippen molar-refractivity contribution in [2.75, 3.05) is 18.8 Å². The van der Waals surface area contributed by atoms with Crippen LogP contribution in [0.5, 0.6) is 0 Å². The first-order valence-corrected chi connectivity index (χ1v) is 6.00. The molecule has 0 bridgehead atoms. The van der Waals surface area contributed by atoms with Crippen molar-refractivity contribution < 1.29 is 18.3 Å². The summed E-state index contributed by atoms with van der Waals surface area (Å²) in [5, 5.41) is 8.48. The lowest BCUT2D eigenvalue weighted by molar-refractivity contribution is -0.137. The SMILES string of the molecule is N[C@@H](CS(=O)(=O)N1CCCC1)C(=O)O. The maximum atomic E-state index is 11.5. The minimum atomic E-state index is -3.48. The Morgan fingerprint density at radius 3 is 2.36 bits per heavy atom. The molecule has 1 atom stereocenters. The van der Waals surface area contributed by atoms with Crippen molar-refractivity contribution in [2.45, 2.75) is 18.9 Å². The van der Waals surface area contributed by atoms with Crippen LogP contribution in [0.25, 0.3) is 0 Å². The third-order valence-corrected chi connectivity index (χ3v) is 4.10. The smallest absolute Gasteiger partial charge is 0.321 e. The Morgan fingerprint density at radius 1 is 1.43 bits per heavy atom. The van der Waals surface area contributed by atoms with Crippen molar-refractivity contribution in [1.29, 1.82) is 0 Å². The van der Waals surface area contributed by atoms with Crippen LogP contribution in [-0.2, 0) is 14.8 Å². The highest BCUT2D eigenvalue weighted by Gasteiger charge is 2.29. The summed E-state index contributed by atoms with van der Waals surface area (Å²) >= 11 is 0. The lowest BCUT2D eigenvalue weighted by Gasteiger charge is -2.16. The first-order chi connectivity index (χ1) is 6.43. The maximum absolute atomic E-state index is 11.5. The van der Waals surface area contributed by atoms with Crippen molar-refractivity contribution in [3.05, 3.63) is 0 Å². The van der Waals surface area contributed by atoms with E-state index in [0.717, 1.165) is 12.8 Å². The predicted octanol–water partition coefficient (Wildman–Crippen LogP) is -1.18. The first-order valence-electron chi connectivity index (χ1n) is 4.40. The summed E-state index contributed by atoms with van der Waals surface area (Å²) in [5.74, 6) is -1.80. The van der Waals surface area contributed by atoms with Gasteiger partial charge in [0.15, 0.2) is 0 Å². The van der Waals surface area contributed by atoms with Gasteiger partial charge in [-0.2, -0.15) is 0 Å². The van der Waals surface area contributed by atoms with Gasteiger partial charge in [-0.25, -0.2) is 12.7 Å². The Labute approximate surface area is 82.7 Å². The summed E-state index contributed by atoms with van der Waals surface area (Å²) in [4.78, 5) is 10.4. The van der Waals surface area contributed by atoms with E-state index in [9.17, 15) is 13.2 Å². The molecular formula is C7H14N2O4S. The van der Waals surface area contributed by atoms with Gasteiger partial charge >= 0.3 is 5.97 Å². The van der Waals surface area contributed by atoms with Crippen LogP contribution in [0, 0.1) is 0 Å². The van der Waals surface area contributed by atoms with E-state index in [1.54, 1.807) is 0 Å². The van der Waals surface area contributed by atoms with E-state index in [2.05, 4.69) is 0 Å². The molecule has 1 fully saturated rings. The van der Waals surface area contributed by atoms with Crippen LogP contribution in [0.2, 0.25) is 0 Å². The highest BCUT2D eigenvalue weighted by molar-refractivity contribution is 7.89. The summed E-state index contributed by atoms with van der Waals surface area (Å²) in [7, 11) is -3.48. The molecule has 0 amide bonds. The summed E-state index contributed by atoms with van der Waals surface area (Å²) in [6, 6.07) is -1.33. The van der Waals surface area contributed by atoms with E-state index in [0.29, 0.717) is 13.1 Å². The van der Waals surface area contributed by atoms with E-state index < -0.39 is 27.8 Å². The average Bonchev–Trinajstić information content (AvgIpc) is 2.54. The molecule has 1 rings (SSSR count). The Bertz CT molecular complexity index is 308. The number of nitrogens with zero attached hydrogens (tertiary/aromatic N) is 1. The largest absolute Gasteiger partial charge is 0.480 e. The summed E-state index contributed by atoms with van der Waals surface area (Å²) in [5.41, 5.74) is 5.16. The monoisotopic (exact) mass is 222 g/mol. The van der Waals surface area contributed by atoms with Gasteiger partial charge in [-0.05, 0) is 12.8 Å². The van der Waals surface area contributed by atoms with Gasteiger partial charge < -0.3 is 10.8 Å². The molecule has 0 spiro atoms. The third kappa shape index (κ3) is 2.66. The molecule has 0 aromatic heterocycles. The van der Waals surface area contributed by atoms with E-state index in [1.165, 1.54) is 4.31 Å². The lowest BCUT2D eigenvalue weighted by atomic mass is 10.4. The van der Waals surface area contributed by atoms with Gasteiger partial charge in [0.2, 0.25) is 10.0 Å². The van der Waals surface area contributed by atoms with Gasteiger partial charge in [-0.1, -0.05) is 0 Å². The Balaban J connectivity index is 2.61. The molecule has 0 aliphatic carbocycles. The topological polar surface area (TPSA) is 101 Å². The van der Waals surface area contributed by atoms with Gasteiger partial charge in [0.05, 0.1) is 5.75 Å². The number of hydrogen-bond acceptors (Lipinski definition) is 4. The van der Waals surface area contributed by atoms with E-state index >= 15 is 0 Å². The maximum Gasteiger partial charge on any atom is 0.321 e. The van der Waals surface area contributed by atoms with Gasteiger partial charge in [0.1, 0.15) is 6.04 Å². The number of sulfonamides is 1. The number of carboxylic acid groups (broad SMARTS) is 1. The molecule has 1 aliphatic rings. The van der Waals surface area contributed by atoms with Crippen LogP contribution in [-0.4, -0.2) is 48.7 Å². The Morgan fingerprint density at radius 2 is 1.93 bits per heavy atom. The van der Waals surface area contributed by atoms with Crippen LogP contribution in [0.3, 0.4) is 0 Å². The van der Waals surface area contributed by atoms with Gasteiger partial charge in [-0.15, -0.1) is 0 Å². The fourth-order valence-corrected chi connectivity index (χ4v) is 2.99. The van der Waals surface area contributed by atoms with Crippen molar-refractivity contribution in [2.24, 2.45) is 5.73 Å². The Hall–Kier alpha value is -0.660. The van der Waals surface area contributed by atoms with Gasteiger partial charge in [0.25, 0.3) is 0 Å². The van der Waals surface area contributed by atoms with Crippen molar-refractivity contribution in [1.82, 2.24) is 4.31 Å². The van der Waals surface area contributed by atoms with E-state index in [-0.39, 0.29) is 0 Å². The fourth-order valence-electron chi connectivity index (χ4n) is 1.37. The molecule has 6 nitrogen and oxygen atoms in total. The molecule has 7 heteroatoms. The lowest BCUT2D eigenvalue weighted by Crippen LogP contribution is -2.42. The quantitative estimate of drug-likeness (QED) is 0.623. The molecule has 1 saturated heterocycles. The Kier molecular flexibility index (Phi) is 3.46. The molecule has 0 radical (unpaired) electrons. The van der Waals surface area contributed by atoms with Crippen molar-refractivity contribution >= 4 is 16.0 Å². The van der Waals surface area contributed by atoms with Crippen LogP contribution >= 0.6 is 0 Å². The molecule has 0 saturated carbocycles. The number of nitrogens with two attached hydrogens (primary N) is 1. The van der Waals surface area contributed by atoms with E-state index in [4.69, 9.17) is 10.8 Å². The minimum Gasteiger partial charge on any atom is -0.480 e. The molecular weight excluding hydrogens is 208 g/mol. The predicted molar refractivity (Wildman–Crippen MR) is 50.2 cm³/mol. The van der Waals surface area contributed by atoms with Crippen LogP contribution in [0.4, 0.5) is 0 Å². The molecule has 0 aromatic rings. The van der Waals surface area contributed by atoms with Gasteiger partial charge in [-0.3, -0.25) is 4.79 Å². The molecule has 14 heavy (non-hydrogen) atoms. The summed E-state index contributed by atoms with van der Waals surface area (Å²) < 4.78 is 24.4. The van der Waals surface area contributed by atoms with E-state index in [1.807, 2.05) is 0 Å². The second-order valence-electron chi connectivity index (χ2n) is 3.33. The van der Waals surface area contributed by atoms with Crippen LogP contribution in [0.1, 0.15) is 12.8 Å². The van der Waals surface area contributed by atoms with Crippen LogP contribution < -0.4 is 5.73 Å². The molecule has 1 heterocycles.